The maximum atomic E-state index is 12.5. The number of carbonyl (C=O) groups excluding carboxylic acids is 1. The molecule has 1 saturated heterocycles. The average molecular weight is 497 g/mol. The summed E-state index contributed by atoms with van der Waals surface area (Å²) in [5.74, 6) is 0.586. The first-order valence-electron chi connectivity index (χ1n) is 8.70. The number of para-hydroxylation sites is 1. The fourth-order valence-electron chi connectivity index (χ4n) is 2.95. The summed E-state index contributed by atoms with van der Waals surface area (Å²) in [7, 11) is 1.67. The van der Waals surface area contributed by atoms with E-state index in [0.29, 0.717) is 50.6 Å². The molecule has 1 N–H and O–H groups in total. The van der Waals surface area contributed by atoms with E-state index in [0.717, 1.165) is 0 Å². The topological polar surface area (TPSA) is 63.2 Å². The molecule has 1 aliphatic heterocycles. The normalized spacial score (nSPS) is 15.3. The van der Waals surface area contributed by atoms with Gasteiger partial charge in [-0.15, -0.1) is 24.0 Å². The molecule has 0 saturated carbocycles. The van der Waals surface area contributed by atoms with Gasteiger partial charge in [0.25, 0.3) is 0 Å². The maximum Gasteiger partial charge on any atom is 0.387 e. The first-order chi connectivity index (χ1) is 12.5. The van der Waals surface area contributed by atoms with Gasteiger partial charge in [0.2, 0.25) is 0 Å². The van der Waals surface area contributed by atoms with Crippen LogP contribution in [0.3, 0.4) is 0 Å². The number of aliphatic imine (C=N–C) groups is 1. The van der Waals surface area contributed by atoms with Gasteiger partial charge >= 0.3 is 12.6 Å². The Bertz CT molecular complexity index is 624. The minimum atomic E-state index is -2.86. The summed E-state index contributed by atoms with van der Waals surface area (Å²) in [4.78, 5) is 18.1. The van der Waals surface area contributed by atoms with Gasteiger partial charge in [0.05, 0.1) is 12.5 Å². The summed E-state index contributed by atoms with van der Waals surface area (Å²) in [6.07, 6.45) is 1.40. The molecule has 152 valence electrons. The molecule has 1 aromatic rings. The van der Waals surface area contributed by atoms with E-state index in [1.807, 2.05) is 4.90 Å². The molecule has 0 atom stereocenters. The number of piperidine rings is 1. The molecule has 0 radical (unpaired) electrons. The molecular formula is C18H26F2IN3O3. The Hall–Kier alpha value is -1.65. The second kappa shape index (κ2) is 11.9. The zero-order valence-corrected chi connectivity index (χ0v) is 17.8. The summed E-state index contributed by atoms with van der Waals surface area (Å²) in [5, 5.41) is 3.17. The summed E-state index contributed by atoms with van der Waals surface area (Å²) in [5.41, 5.74) is 0.621. The lowest BCUT2D eigenvalue weighted by Gasteiger charge is -2.33. The molecule has 9 heteroatoms. The van der Waals surface area contributed by atoms with Crippen LogP contribution in [0.1, 0.15) is 25.3 Å². The monoisotopic (exact) mass is 497 g/mol. The van der Waals surface area contributed by atoms with Crippen molar-refractivity contribution in [1.29, 1.82) is 0 Å². The van der Waals surface area contributed by atoms with Crippen LogP contribution in [0, 0.1) is 5.92 Å². The first kappa shape index (κ1) is 23.4. The molecule has 1 fully saturated rings. The van der Waals surface area contributed by atoms with Gasteiger partial charge in [-0.3, -0.25) is 9.79 Å². The highest BCUT2D eigenvalue weighted by Crippen LogP contribution is 2.21. The molecule has 0 spiro atoms. The third kappa shape index (κ3) is 7.11. The van der Waals surface area contributed by atoms with Crippen LogP contribution >= 0.6 is 24.0 Å². The highest BCUT2D eigenvalue weighted by Gasteiger charge is 2.27. The van der Waals surface area contributed by atoms with Crippen molar-refractivity contribution in [2.24, 2.45) is 10.9 Å². The lowest BCUT2D eigenvalue weighted by molar-refractivity contribution is -0.149. The molecule has 27 heavy (non-hydrogen) atoms. The average Bonchev–Trinajstić information content (AvgIpc) is 2.64. The largest absolute Gasteiger partial charge is 0.466 e. The van der Waals surface area contributed by atoms with E-state index in [-0.39, 0.29) is 41.6 Å². The van der Waals surface area contributed by atoms with E-state index in [1.165, 1.54) is 6.07 Å². The molecular weight excluding hydrogens is 471 g/mol. The van der Waals surface area contributed by atoms with E-state index in [4.69, 9.17) is 4.74 Å². The van der Waals surface area contributed by atoms with Gasteiger partial charge in [-0.2, -0.15) is 8.78 Å². The Kier molecular flexibility index (Phi) is 10.3. The van der Waals surface area contributed by atoms with Gasteiger partial charge in [-0.25, -0.2) is 0 Å². The van der Waals surface area contributed by atoms with Crippen molar-refractivity contribution in [3.8, 4) is 5.75 Å². The smallest absolute Gasteiger partial charge is 0.387 e. The molecule has 0 aliphatic carbocycles. The zero-order valence-electron chi connectivity index (χ0n) is 15.5. The molecule has 0 amide bonds. The molecule has 0 bridgehead atoms. The zero-order chi connectivity index (χ0) is 18.9. The van der Waals surface area contributed by atoms with Gasteiger partial charge in [0, 0.05) is 32.2 Å². The molecule has 6 nitrogen and oxygen atoms in total. The minimum Gasteiger partial charge on any atom is -0.466 e. The van der Waals surface area contributed by atoms with Crippen molar-refractivity contribution < 1.29 is 23.0 Å². The van der Waals surface area contributed by atoms with Crippen LogP contribution in [0.4, 0.5) is 8.78 Å². The number of esters is 1. The number of rotatable bonds is 6. The van der Waals surface area contributed by atoms with Gasteiger partial charge in [-0.1, -0.05) is 18.2 Å². The molecule has 1 aromatic carbocycles. The van der Waals surface area contributed by atoms with Crippen LogP contribution in [0.25, 0.3) is 0 Å². The Labute approximate surface area is 175 Å². The third-order valence-corrected chi connectivity index (χ3v) is 4.25. The van der Waals surface area contributed by atoms with Crippen LogP contribution in [-0.2, 0) is 16.1 Å². The first-order valence-corrected chi connectivity index (χ1v) is 8.70. The van der Waals surface area contributed by atoms with Crippen LogP contribution in [0.2, 0.25) is 0 Å². The minimum absolute atomic E-state index is 0. The predicted molar refractivity (Wildman–Crippen MR) is 110 cm³/mol. The van der Waals surface area contributed by atoms with E-state index < -0.39 is 6.61 Å². The standard InChI is InChI=1S/C18H25F2N3O3.HI/c1-3-25-16(24)13-8-10-23(11-9-13)18(21-2)22-12-14-6-4-5-7-15(14)26-17(19)20;/h4-7,13,17H,3,8-12H2,1-2H3,(H,21,22);1H. The van der Waals surface area contributed by atoms with Gasteiger partial charge in [0.15, 0.2) is 5.96 Å². The number of nitrogens with zero attached hydrogens (tertiary/aromatic N) is 2. The number of hydrogen-bond donors (Lipinski definition) is 1. The number of halogens is 3. The predicted octanol–water partition coefficient (Wildman–Crippen LogP) is 3.26. The molecule has 2 rings (SSSR count). The molecule has 0 aromatic heterocycles. The Morgan fingerprint density at radius 3 is 2.59 bits per heavy atom. The summed E-state index contributed by atoms with van der Waals surface area (Å²) in [6.45, 7) is 0.998. The van der Waals surface area contributed by atoms with Crippen LogP contribution < -0.4 is 10.1 Å². The molecule has 1 heterocycles. The number of ether oxygens (including phenoxy) is 2. The number of guanidine groups is 1. The van der Waals surface area contributed by atoms with Crippen LogP contribution in [0.15, 0.2) is 29.3 Å². The van der Waals surface area contributed by atoms with E-state index in [9.17, 15) is 13.6 Å². The number of likely N-dealkylation sites (tertiary alicyclic amines) is 1. The molecule has 0 unspecified atom stereocenters. The number of hydrogen-bond acceptors (Lipinski definition) is 4. The van der Waals surface area contributed by atoms with Crippen molar-refractivity contribution >= 4 is 35.9 Å². The Morgan fingerprint density at radius 1 is 1.33 bits per heavy atom. The highest BCUT2D eigenvalue weighted by atomic mass is 127. The fraction of sp³-hybridized carbons (Fsp3) is 0.556. The van der Waals surface area contributed by atoms with E-state index in [1.54, 1.807) is 32.2 Å². The SMILES string of the molecule is CCOC(=O)C1CCN(C(=NC)NCc2ccccc2OC(F)F)CC1.I. The lowest BCUT2D eigenvalue weighted by Crippen LogP contribution is -2.46. The lowest BCUT2D eigenvalue weighted by atomic mass is 9.97. The number of carbonyl (C=O) groups is 1. The van der Waals surface area contributed by atoms with Crippen molar-refractivity contribution in [3.63, 3.8) is 0 Å². The number of alkyl halides is 2. The van der Waals surface area contributed by atoms with Gasteiger partial charge < -0.3 is 19.7 Å². The van der Waals surface area contributed by atoms with Crippen molar-refractivity contribution in [1.82, 2.24) is 10.2 Å². The summed E-state index contributed by atoms with van der Waals surface area (Å²) >= 11 is 0. The van der Waals surface area contributed by atoms with Gasteiger partial charge in [-0.05, 0) is 25.8 Å². The van der Waals surface area contributed by atoms with Gasteiger partial charge in [0.1, 0.15) is 5.75 Å². The van der Waals surface area contributed by atoms with Crippen molar-refractivity contribution in [2.75, 3.05) is 26.7 Å². The van der Waals surface area contributed by atoms with Crippen LogP contribution in [-0.4, -0.2) is 50.2 Å². The second-order valence-electron chi connectivity index (χ2n) is 5.90. The Balaban J connectivity index is 0.00000364. The maximum absolute atomic E-state index is 12.5. The second-order valence-corrected chi connectivity index (χ2v) is 5.90. The molecule has 1 aliphatic rings. The van der Waals surface area contributed by atoms with Crippen molar-refractivity contribution in [3.05, 3.63) is 29.8 Å². The van der Waals surface area contributed by atoms with E-state index >= 15 is 0 Å². The summed E-state index contributed by atoms with van der Waals surface area (Å²) < 4.78 is 34.6. The number of nitrogens with one attached hydrogen (secondary N) is 1. The Morgan fingerprint density at radius 2 is 2.00 bits per heavy atom. The quantitative estimate of drug-likeness (QED) is 0.283. The third-order valence-electron chi connectivity index (χ3n) is 4.25. The summed E-state index contributed by atoms with van der Waals surface area (Å²) in [6, 6.07) is 6.65. The van der Waals surface area contributed by atoms with Crippen LogP contribution in [0.5, 0.6) is 5.75 Å². The van der Waals surface area contributed by atoms with Crippen molar-refractivity contribution in [2.45, 2.75) is 32.9 Å². The highest BCUT2D eigenvalue weighted by molar-refractivity contribution is 14.0. The van der Waals surface area contributed by atoms with E-state index in [2.05, 4.69) is 15.0 Å². The fourth-order valence-corrected chi connectivity index (χ4v) is 2.95. The number of benzene rings is 1.